The summed E-state index contributed by atoms with van der Waals surface area (Å²) in [5.74, 6) is 0.178. The number of rotatable bonds is 6. The second-order valence-corrected chi connectivity index (χ2v) is 9.68. The van der Waals surface area contributed by atoms with E-state index >= 15 is 0 Å². The van der Waals surface area contributed by atoms with E-state index in [0.29, 0.717) is 29.5 Å². The maximum Gasteiger partial charge on any atom is 0.264 e. The van der Waals surface area contributed by atoms with E-state index in [1.54, 1.807) is 36.1 Å². The fraction of sp³-hybridized carbons (Fsp3) is 0.308. The van der Waals surface area contributed by atoms with Gasteiger partial charge in [-0.2, -0.15) is 0 Å². The molecule has 0 spiro atoms. The Hall–Kier alpha value is -2.70. The SMILES string of the molecule is Cc1ccc(C(=O)CC2(O)C(=O)N(Cc3cc(C(C)C)ccc3C)c3ccc(Br)cc32)o1. The van der Waals surface area contributed by atoms with Gasteiger partial charge in [-0.3, -0.25) is 9.59 Å². The van der Waals surface area contributed by atoms with E-state index < -0.39 is 17.3 Å². The second kappa shape index (κ2) is 8.34. The Morgan fingerprint density at radius 2 is 1.88 bits per heavy atom. The lowest BCUT2D eigenvalue weighted by molar-refractivity contribution is -0.136. The van der Waals surface area contributed by atoms with Crippen molar-refractivity contribution in [1.82, 2.24) is 0 Å². The molecule has 0 radical (unpaired) electrons. The molecule has 166 valence electrons. The summed E-state index contributed by atoms with van der Waals surface area (Å²) >= 11 is 3.43. The number of aliphatic hydroxyl groups is 1. The predicted molar refractivity (Wildman–Crippen MR) is 127 cm³/mol. The molecule has 0 saturated carbocycles. The molecule has 1 aliphatic heterocycles. The molecule has 5 nitrogen and oxygen atoms in total. The second-order valence-electron chi connectivity index (χ2n) is 8.76. The number of ketones is 1. The molecule has 0 fully saturated rings. The molecule has 1 atom stereocenters. The number of furan rings is 1. The zero-order valence-electron chi connectivity index (χ0n) is 18.6. The van der Waals surface area contributed by atoms with E-state index in [-0.39, 0.29) is 12.2 Å². The summed E-state index contributed by atoms with van der Waals surface area (Å²) in [5.41, 5.74) is 2.34. The first-order valence-corrected chi connectivity index (χ1v) is 11.4. The zero-order chi connectivity index (χ0) is 23.2. The van der Waals surface area contributed by atoms with Gasteiger partial charge in [-0.05, 0) is 66.8 Å². The van der Waals surface area contributed by atoms with Crippen LogP contribution in [0.25, 0.3) is 0 Å². The van der Waals surface area contributed by atoms with Crippen molar-refractivity contribution < 1.29 is 19.1 Å². The molecule has 1 unspecified atom stereocenters. The van der Waals surface area contributed by atoms with Gasteiger partial charge >= 0.3 is 0 Å². The quantitative estimate of drug-likeness (QED) is 0.439. The fourth-order valence-electron chi connectivity index (χ4n) is 4.15. The molecule has 3 aromatic rings. The van der Waals surface area contributed by atoms with Crippen molar-refractivity contribution in [2.24, 2.45) is 0 Å². The van der Waals surface area contributed by atoms with Gasteiger partial charge in [0.25, 0.3) is 5.91 Å². The Balaban J connectivity index is 1.73. The lowest BCUT2D eigenvalue weighted by Gasteiger charge is -2.23. The van der Waals surface area contributed by atoms with Gasteiger partial charge in [0.2, 0.25) is 5.78 Å². The summed E-state index contributed by atoms with van der Waals surface area (Å²) in [6.07, 6.45) is -0.385. The molecule has 32 heavy (non-hydrogen) atoms. The molecule has 2 heterocycles. The number of amides is 1. The topological polar surface area (TPSA) is 70.8 Å². The molecule has 0 aliphatic carbocycles. The zero-order valence-corrected chi connectivity index (χ0v) is 20.2. The lowest BCUT2D eigenvalue weighted by atomic mass is 9.89. The fourth-order valence-corrected chi connectivity index (χ4v) is 4.51. The monoisotopic (exact) mass is 495 g/mol. The molecule has 1 aromatic heterocycles. The highest BCUT2D eigenvalue weighted by molar-refractivity contribution is 9.10. The number of hydrogen-bond acceptors (Lipinski definition) is 4. The molecule has 4 rings (SSSR count). The Morgan fingerprint density at radius 1 is 1.12 bits per heavy atom. The molecule has 1 N–H and O–H groups in total. The van der Waals surface area contributed by atoms with Gasteiger partial charge < -0.3 is 14.4 Å². The number of Topliss-reactive ketones (excluding diaryl/α,β-unsaturated/α-hetero) is 1. The van der Waals surface area contributed by atoms with Crippen molar-refractivity contribution in [1.29, 1.82) is 0 Å². The average molecular weight is 496 g/mol. The number of carbonyl (C=O) groups excluding carboxylic acids is 2. The Labute approximate surface area is 196 Å². The minimum Gasteiger partial charge on any atom is -0.458 e. The van der Waals surface area contributed by atoms with Gasteiger partial charge in [0, 0.05) is 10.0 Å². The van der Waals surface area contributed by atoms with Crippen LogP contribution in [0.5, 0.6) is 0 Å². The molecular formula is C26H26BrNO4. The van der Waals surface area contributed by atoms with Crippen LogP contribution in [0, 0.1) is 13.8 Å². The first-order chi connectivity index (χ1) is 15.1. The molecular weight excluding hydrogens is 470 g/mol. The number of hydrogen-bond donors (Lipinski definition) is 1. The smallest absolute Gasteiger partial charge is 0.264 e. The van der Waals surface area contributed by atoms with Crippen LogP contribution >= 0.6 is 15.9 Å². The molecule has 6 heteroatoms. The Morgan fingerprint density at radius 3 is 2.53 bits per heavy atom. The number of benzene rings is 2. The molecule has 1 amide bonds. The molecule has 1 aliphatic rings. The van der Waals surface area contributed by atoms with Crippen molar-refractivity contribution in [2.45, 2.75) is 52.2 Å². The van der Waals surface area contributed by atoms with E-state index in [1.807, 2.05) is 13.0 Å². The maximum absolute atomic E-state index is 13.6. The number of halogens is 1. The van der Waals surface area contributed by atoms with Crippen molar-refractivity contribution in [2.75, 3.05) is 4.90 Å². The normalized spacial score (nSPS) is 17.8. The minimum absolute atomic E-state index is 0.138. The number of carbonyl (C=O) groups is 2. The van der Waals surface area contributed by atoms with Crippen molar-refractivity contribution in [3.8, 4) is 0 Å². The molecule has 2 aromatic carbocycles. The van der Waals surface area contributed by atoms with E-state index in [0.717, 1.165) is 15.6 Å². The van der Waals surface area contributed by atoms with Gasteiger partial charge in [0.05, 0.1) is 18.7 Å². The van der Waals surface area contributed by atoms with Crippen LogP contribution in [0.1, 0.15) is 64.8 Å². The summed E-state index contributed by atoms with van der Waals surface area (Å²) < 4.78 is 6.15. The predicted octanol–water partition coefficient (Wildman–Crippen LogP) is 5.79. The van der Waals surface area contributed by atoms with Crippen LogP contribution in [-0.2, 0) is 16.9 Å². The van der Waals surface area contributed by atoms with Gasteiger partial charge in [-0.1, -0.05) is 48.0 Å². The number of anilines is 1. The summed E-state index contributed by atoms with van der Waals surface area (Å²) in [6.45, 7) is 8.33. The third-order valence-corrected chi connectivity index (χ3v) is 6.59. The number of nitrogens with zero attached hydrogens (tertiary/aromatic N) is 1. The van der Waals surface area contributed by atoms with Gasteiger partial charge in [-0.25, -0.2) is 0 Å². The largest absolute Gasteiger partial charge is 0.458 e. The van der Waals surface area contributed by atoms with Crippen LogP contribution in [0.2, 0.25) is 0 Å². The van der Waals surface area contributed by atoms with Crippen molar-refractivity contribution in [3.05, 3.63) is 86.8 Å². The maximum atomic E-state index is 13.6. The Kier molecular flexibility index (Phi) is 5.86. The highest BCUT2D eigenvalue weighted by Gasteiger charge is 2.51. The third-order valence-electron chi connectivity index (χ3n) is 6.09. The van der Waals surface area contributed by atoms with E-state index in [9.17, 15) is 14.7 Å². The van der Waals surface area contributed by atoms with Crippen LogP contribution < -0.4 is 4.90 Å². The standard InChI is InChI=1S/C26H26BrNO4/c1-15(2)18-7-5-16(3)19(11-18)14-28-22-9-8-20(27)12-21(22)26(31,25(28)30)13-23(29)24-10-6-17(4)32-24/h5-12,15,31H,13-14H2,1-4H3. The van der Waals surface area contributed by atoms with Gasteiger partial charge in [0.15, 0.2) is 11.4 Å². The minimum atomic E-state index is -1.96. The number of fused-ring (bicyclic) bond motifs is 1. The lowest BCUT2D eigenvalue weighted by Crippen LogP contribution is -2.41. The first kappa shape index (κ1) is 22.5. The van der Waals surface area contributed by atoms with E-state index in [2.05, 4.69) is 48.0 Å². The van der Waals surface area contributed by atoms with Crippen molar-refractivity contribution >= 4 is 33.3 Å². The summed E-state index contributed by atoms with van der Waals surface area (Å²) in [6, 6.07) is 14.9. The van der Waals surface area contributed by atoms with Crippen LogP contribution in [0.3, 0.4) is 0 Å². The Bertz CT molecular complexity index is 1210. The van der Waals surface area contributed by atoms with Crippen LogP contribution in [0.15, 0.2) is 57.4 Å². The highest BCUT2D eigenvalue weighted by Crippen LogP contribution is 2.45. The van der Waals surface area contributed by atoms with E-state index in [1.165, 1.54) is 5.56 Å². The highest BCUT2D eigenvalue weighted by atomic mass is 79.9. The molecule has 0 bridgehead atoms. The number of aryl methyl sites for hydroxylation is 2. The summed E-state index contributed by atoms with van der Waals surface area (Å²) in [7, 11) is 0. The van der Waals surface area contributed by atoms with Gasteiger partial charge in [-0.15, -0.1) is 0 Å². The van der Waals surface area contributed by atoms with Crippen molar-refractivity contribution in [3.63, 3.8) is 0 Å². The van der Waals surface area contributed by atoms with Crippen LogP contribution in [0.4, 0.5) is 5.69 Å². The van der Waals surface area contributed by atoms with Crippen LogP contribution in [-0.4, -0.2) is 16.8 Å². The van der Waals surface area contributed by atoms with Gasteiger partial charge in [0.1, 0.15) is 5.76 Å². The first-order valence-electron chi connectivity index (χ1n) is 10.6. The summed E-state index contributed by atoms with van der Waals surface area (Å²) in [5, 5.41) is 11.6. The average Bonchev–Trinajstić information content (AvgIpc) is 3.26. The molecule has 0 saturated heterocycles. The third kappa shape index (κ3) is 3.93. The summed E-state index contributed by atoms with van der Waals surface area (Å²) in [4.78, 5) is 28.0. The van der Waals surface area contributed by atoms with E-state index in [4.69, 9.17) is 4.42 Å².